The minimum absolute atomic E-state index is 0.0142. The fraction of sp³-hybridized carbons (Fsp3) is 0.542. The molecular formula is C24H37F3N6O. The van der Waals surface area contributed by atoms with Gasteiger partial charge in [-0.15, -0.1) is 0 Å². The molecule has 0 bridgehead atoms. The Hall–Kier alpha value is -3.04. The fourth-order valence-electron chi connectivity index (χ4n) is 3.09. The first kappa shape index (κ1) is 29.0. The predicted octanol–water partition coefficient (Wildman–Crippen LogP) is 4.85. The van der Waals surface area contributed by atoms with Gasteiger partial charge < -0.3 is 21.7 Å². The first-order chi connectivity index (χ1) is 16.0. The van der Waals surface area contributed by atoms with Crippen LogP contribution in [-0.2, 0) is 4.79 Å². The van der Waals surface area contributed by atoms with Crippen molar-refractivity contribution in [1.82, 2.24) is 15.3 Å². The van der Waals surface area contributed by atoms with Crippen molar-refractivity contribution in [2.45, 2.75) is 71.8 Å². The molecule has 0 saturated carbocycles. The van der Waals surface area contributed by atoms with Crippen LogP contribution in [0, 0.1) is 12.8 Å². The summed E-state index contributed by atoms with van der Waals surface area (Å²) in [6, 6.07) is 0.156. The Kier molecular flexibility index (Phi) is 12.8. The SMILES string of the molecule is C=CC(F)C=C(NC(CC(C)CCC(N)=O)Nc1cnc(NC(C)C)nc1C)/C(F)=C\CCF. The topological polar surface area (TPSA) is 105 Å². The van der Waals surface area contributed by atoms with Crippen molar-refractivity contribution in [2.75, 3.05) is 17.3 Å². The third kappa shape index (κ3) is 11.2. The van der Waals surface area contributed by atoms with Gasteiger partial charge in [0, 0.05) is 12.5 Å². The molecule has 5 N–H and O–H groups in total. The third-order valence-electron chi connectivity index (χ3n) is 4.82. The number of carbonyl (C=O) groups is 1. The number of hydrogen-bond donors (Lipinski definition) is 4. The van der Waals surface area contributed by atoms with Crippen molar-refractivity contribution in [2.24, 2.45) is 11.7 Å². The van der Waals surface area contributed by atoms with Crippen molar-refractivity contribution < 1.29 is 18.0 Å². The van der Waals surface area contributed by atoms with E-state index >= 15 is 0 Å². The van der Waals surface area contributed by atoms with Gasteiger partial charge in [-0.1, -0.05) is 19.6 Å². The number of allylic oxidation sites excluding steroid dienone is 4. The molecule has 0 aliphatic heterocycles. The summed E-state index contributed by atoms with van der Waals surface area (Å²) in [7, 11) is 0. The van der Waals surface area contributed by atoms with Gasteiger partial charge in [-0.3, -0.25) is 9.18 Å². The lowest BCUT2D eigenvalue weighted by atomic mass is 9.99. The number of halogens is 3. The van der Waals surface area contributed by atoms with Gasteiger partial charge >= 0.3 is 0 Å². The number of anilines is 2. The lowest BCUT2D eigenvalue weighted by Gasteiger charge is -2.27. The summed E-state index contributed by atoms with van der Waals surface area (Å²) in [5.41, 5.74) is 6.39. The number of nitrogens with two attached hydrogens (primary N) is 1. The Morgan fingerprint density at radius 2 is 2.00 bits per heavy atom. The molecule has 7 nitrogen and oxygen atoms in total. The summed E-state index contributed by atoms with van der Waals surface area (Å²) in [6.07, 6.45) is 3.59. The monoisotopic (exact) mass is 482 g/mol. The number of alkyl halides is 2. The molecule has 3 unspecified atom stereocenters. The smallest absolute Gasteiger partial charge is 0.223 e. The average Bonchev–Trinajstić information content (AvgIpc) is 2.76. The van der Waals surface area contributed by atoms with Crippen molar-refractivity contribution in [3.8, 4) is 0 Å². The van der Waals surface area contributed by atoms with Gasteiger partial charge in [0.1, 0.15) is 12.0 Å². The van der Waals surface area contributed by atoms with Crippen LogP contribution in [0.3, 0.4) is 0 Å². The van der Waals surface area contributed by atoms with Crippen LogP contribution in [0.2, 0.25) is 0 Å². The van der Waals surface area contributed by atoms with E-state index in [9.17, 15) is 18.0 Å². The molecule has 0 spiro atoms. The maximum absolute atomic E-state index is 14.7. The molecular weight excluding hydrogens is 445 g/mol. The highest BCUT2D eigenvalue weighted by molar-refractivity contribution is 5.73. The summed E-state index contributed by atoms with van der Waals surface area (Å²) < 4.78 is 41.3. The van der Waals surface area contributed by atoms with Gasteiger partial charge in [0.05, 0.1) is 36.1 Å². The fourth-order valence-corrected chi connectivity index (χ4v) is 3.09. The molecule has 0 saturated heterocycles. The molecule has 1 aromatic rings. The average molecular weight is 483 g/mol. The van der Waals surface area contributed by atoms with Crippen LogP contribution in [-0.4, -0.2) is 40.9 Å². The number of amides is 1. The van der Waals surface area contributed by atoms with E-state index in [4.69, 9.17) is 5.73 Å². The highest BCUT2D eigenvalue weighted by Crippen LogP contribution is 2.21. The summed E-state index contributed by atoms with van der Waals surface area (Å²) in [4.78, 5) is 19.9. The van der Waals surface area contributed by atoms with E-state index in [-0.39, 0.29) is 30.5 Å². The Labute approximate surface area is 200 Å². The number of primary amides is 1. The largest absolute Gasteiger partial charge is 0.370 e. The Morgan fingerprint density at radius 1 is 1.29 bits per heavy atom. The first-order valence-electron chi connectivity index (χ1n) is 11.4. The maximum Gasteiger partial charge on any atom is 0.223 e. The molecule has 1 aromatic heterocycles. The van der Waals surface area contributed by atoms with E-state index in [2.05, 4.69) is 32.5 Å². The minimum atomic E-state index is -1.61. The maximum atomic E-state index is 14.7. The van der Waals surface area contributed by atoms with Crippen molar-refractivity contribution in [3.63, 3.8) is 0 Å². The van der Waals surface area contributed by atoms with Gasteiger partial charge in [0.2, 0.25) is 11.9 Å². The zero-order valence-electron chi connectivity index (χ0n) is 20.4. The molecule has 0 aliphatic rings. The zero-order chi connectivity index (χ0) is 25.7. The third-order valence-corrected chi connectivity index (χ3v) is 4.82. The standard InChI is InChI=1S/C24H37F3N6O/c1-6-18(26)13-20(19(27)8-7-11-25)32-23(12-16(4)9-10-22(28)34)33-21-14-29-24(30-15(2)3)31-17(21)5/h6,8,13-16,18,23,32-33H,1,7,9-12H2,2-5H3,(H2,28,34)(H,29,30,31)/b19-8+,20-13?. The molecule has 190 valence electrons. The molecule has 10 heteroatoms. The molecule has 1 heterocycles. The number of aromatic nitrogens is 2. The minimum Gasteiger partial charge on any atom is -0.370 e. The first-order valence-corrected chi connectivity index (χ1v) is 11.4. The van der Waals surface area contributed by atoms with E-state index in [1.807, 2.05) is 20.8 Å². The number of nitrogens with one attached hydrogen (secondary N) is 3. The van der Waals surface area contributed by atoms with Crippen molar-refractivity contribution in [1.29, 1.82) is 0 Å². The van der Waals surface area contributed by atoms with Gasteiger partial charge in [-0.25, -0.2) is 18.7 Å². The van der Waals surface area contributed by atoms with Crippen LogP contribution in [0.25, 0.3) is 0 Å². The summed E-state index contributed by atoms with van der Waals surface area (Å²) >= 11 is 0. The van der Waals surface area contributed by atoms with Crippen LogP contribution < -0.4 is 21.7 Å². The molecule has 0 aromatic carbocycles. The summed E-state index contributed by atoms with van der Waals surface area (Å²) in [5.74, 6) is -0.693. The number of nitrogens with zero attached hydrogens (tertiary/aromatic N) is 2. The summed E-state index contributed by atoms with van der Waals surface area (Å²) in [5, 5.41) is 9.34. The van der Waals surface area contributed by atoms with Gasteiger partial charge in [0.15, 0.2) is 0 Å². The molecule has 0 aliphatic carbocycles. The molecule has 1 amide bonds. The van der Waals surface area contributed by atoms with Gasteiger partial charge in [0.25, 0.3) is 0 Å². The second kappa shape index (κ2) is 15.0. The number of carbonyl (C=O) groups excluding carboxylic acids is 1. The zero-order valence-corrected chi connectivity index (χ0v) is 20.4. The van der Waals surface area contributed by atoms with E-state index < -0.39 is 30.7 Å². The second-order valence-corrected chi connectivity index (χ2v) is 8.47. The van der Waals surface area contributed by atoms with Crippen LogP contribution in [0.5, 0.6) is 0 Å². The van der Waals surface area contributed by atoms with E-state index in [0.29, 0.717) is 30.2 Å². The van der Waals surface area contributed by atoms with E-state index in [1.165, 1.54) is 0 Å². The second-order valence-electron chi connectivity index (χ2n) is 8.47. The van der Waals surface area contributed by atoms with Crippen LogP contribution >= 0.6 is 0 Å². The summed E-state index contributed by atoms with van der Waals surface area (Å²) in [6.45, 7) is 10.3. The Balaban J connectivity index is 3.20. The molecule has 34 heavy (non-hydrogen) atoms. The number of rotatable bonds is 16. The molecule has 1 rings (SSSR count). The lowest BCUT2D eigenvalue weighted by molar-refractivity contribution is -0.118. The van der Waals surface area contributed by atoms with E-state index in [0.717, 1.165) is 18.2 Å². The molecule has 0 radical (unpaired) electrons. The van der Waals surface area contributed by atoms with Crippen molar-refractivity contribution >= 4 is 17.5 Å². The normalized spacial score (nSPS) is 14.9. The Morgan fingerprint density at radius 3 is 2.56 bits per heavy atom. The Bertz CT molecular complexity index is 859. The van der Waals surface area contributed by atoms with Gasteiger partial charge in [-0.05, 0) is 58.1 Å². The number of aryl methyl sites for hydroxylation is 1. The van der Waals surface area contributed by atoms with E-state index in [1.54, 1.807) is 13.1 Å². The predicted molar refractivity (Wildman–Crippen MR) is 131 cm³/mol. The highest BCUT2D eigenvalue weighted by Gasteiger charge is 2.19. The highest BCUT2D eigenvalue weighted by atomic mass is 19.1. The van der Waals surface area contributed by atoms with Crippen LogP contribution in [0.4, 0.5) is 24.8 Å². The quantitative estimate of drug-likeness (QED) is 0.153. The number of hydrogen-bond acceptors (Lipinski definition) is 6. The van der Waals surface area contributed by atoms with Crippen LogP contribution in [0.1, 0.15) is 52.1 Å². The molecule has 0 fully saturated rings. The molecule has 3 atom stereocenters. The van der Waals surface area contributed by atoms with Crippen molar-refractivity contribution in [3.05, 3.63) is 48.2 Å². The van der Waals surface area contributed by atoms with Crippen LogP contribution in [0.15, 0.2) is 42.5 Å². The van der Waals surface area contributed by atoms with Gasteiger partial charge in [-0.2, -0.15) is 0 Å². The lowest BCUT2D eigenvalue weighted by Crippen LogP contribution is -2.38.